The maximum Gasteiger partial charge on any atom is 0.438 e. The molecular formula is C32H23BrCl2F4N2O2. The van der Waals surface area contributed by atoms with Crippen LogP contribution in [-0.4, -0.2) is 41.2 Å². The molecule has 222 valence electrons. The Hall–Kier alpha value is -2.95. The van der Waals surface area contributed by atoms with Gasteiger partial charge in [-0.2, -0.15) is 13.2 Å². The lowest BCUT2D eigenvalue weighted by Gasteiger charge is -2.51. The quantitative estimate of drug-likeness (QED) is 0.206. The standard InChI is InChI=1S/C32H23BrCl2F4N2O2/c33-26-13-21(27-29(36)31(43-40-27,32(37,38)39)22-14-23(34)16-24(35)15-22)11-12-25(26)30(42)17-41(18-30)28(19-7-3-1-4-8-19)20-9-5-2-6-10-20/h1-16,28-29,42H,17-18H2. The van der Waals surface area contributed by atoms with Gasteiger partial charge in [-0.1, -0.05) is 117 Å². The maximum absolute atomic E-state index is 15.9. The fraction of sp³-hybridized carbons (Fsp3) is 0.219. The third-order valence-electron chi connectivity index (χ3n) is 7.89. The van der Waals surface area contributed by atoms with Crippen molar-refractivity contribution in [1.82, 2.24) is 4.90 Å². The highest BCUT2D eigenvalue weighted by molar-refractivity contribution is 9.10. The number of β-amino-alcohol motifs (C(OH)–C–C–N with tert-alkyl or cyclic N) is 1. The number of rotatable bonds is 6. The highest BCUT2D eigenvalue weighted by atomic mass is 79.9. The minimum atomic E-state index is -5.19. The first-order valence-corrected chi connectivity index (χ1v) is 14.8. The number of alkyl halides is 4. The Morgan fingerprint density at radius 2 is 1.44 bits per heavy atom. The summed E-state index contributed by atoms with van der Waals surface area (Å²) in [6, 6.07) is 27.4. The van der Waals surface area contributed by atoms with E-state index in [9.17, 15) is 18.3 Å². The van der Waals surface area contributed by atoms with E-state index in [-0.39, 0.29) is 21.7 Å². The number of oxime groups is 1. The second-order valence-corrected chi connectivity index (χ2v) is 12.4. The molecule has 2 aliphatic rings. The summed E-state index contributed by atoms with van der Waals surface area (Å²) in [6.45, 7) is 0.587. The number of aliphatic hydroxyl groups is 1. The van der Waals surface area contributed by atoms with E-state index in [1.807, 2.05) is 60.7 Å². The molecule has 4 aromatic carbocycles. The summed E-state index contributed by atoms with van der Waals surface area (Å²) in [5, 5.41) is 14.9. The Morgan fingerprint density at radius 3 is 1.95 bits per heavy atom. The zero-order valence-corrected chi connectivity index (χ0v) is 25.3. The van der Waals surface area contributed by atoms with Crippen LogP contribution < -0.4 is 0 Å². The zero-order chi connectivity index (χ0) is 30.6. The second kappa shape index (κ2) is 11.2. The molecule has 2 aliphatic heterocycles. The molecule has 2 unspecified atom stereocenters. The summed E-state index contributed by atoms with van der Waals surface area (Å²) in [5.74, 6) is 0. The van der Waals surface area contributed by atoms with Crippen LogP contribution >= 0.6 is 39.1 Å². The molecule has 0 radical (unpaired) electrons. The molecule has 0 saturated carbocycles. The molecule has 11 heteroatoms. The second-order valence-electron chi connectivity index (χ2n) is 10.7. The first-order valence-electron chi connectivity index (χ1n) is 13.2. The van der Waals surface area contributed by atoms with Crippen molar-refractivity contribution in [2.45, 2.75) is 29.6 Å². The molecule has 0 aliphatic carbocycles. The number of hydrogen-bond acceptors (Lipinski definition) is 4. The SMILES string of the molecule is OC1(c2ccc(C3=NOC(c4cc(Cl)cc(Cl)c4)(C(F)(F)F)C3F)cc2Br)CN(C(c2ccccc2)c2ccccc2)C1. The molecule has 1 N–H and O–H groups in total. The van der Waals surface area contributed by atoms with Crippen molar-refractivity contribution >= 4 is 44.8 Å². The van der Waals surface area contributed by atoms with Gasteiger partial charge in [-0.15, -0.1) is 0 Å². The van der Waals surface area contributed by atoms with Gasteiger partial charge in [0.2, 0.25) is 6.17 Å². The number of nitrogens with zero attached hydrogens (tertiary/aromatic N) is 2. The summed E-state index contributed by atoms with van der Waals surface area (Å²) in [6.07, 6.45) is -7.92. The molecule has 2 heterocycles. The average Bonchev–Trinajstić information content (AvgIpc) is 3.31. The molecule has 1 saturated heterocycles. The van der Waals surface area contributed by atoms with E-state index in [0.29, 0.717) is 23.1 Å². The van der Waals surface area contributed by atoms with Crippen molar-refractivity contribution in [3.05, 3.63) is 139 Å². The third kappa shape index (κ3) is 5.25. The van der Waals surface area contributed by atoms with Gasteiger partial charge in [0.15, 0.2) is 0 Å². The largest absolute Gasteiger partial charge is 0.438 e. The molecule has 0 bridgehead atoms. The molecule has 0 spiro atoms. The van der Waals surface area contributed by atoms with Crippen LogP contribution in [0.4, 0.5) is 17.6 Å². The Morgan fingerprint density at radius 1 is 0.884 bits per heavy atom. The first-order chi connectivity index (χ1) is 20.4. The minimum Gasteiger partial charge on any atom is -0.382 e. The molecule has 2 atom stereocenters. The van der Waals surface area contributed by atoms with Gasteiger partial charge in [-0.3, -0.25) is 4.90 Å². The van der Waals surface area contributed by atoms with E-state index in [0.717, 1.165) is 23.3 Å². The van der Waals surface area contributed by atoms with Crippen LogP contribution in [0.15, 0.2) is 107 Å². The summed E-state index contributed by atoms with van der Waals surface area (Å²) in [4.78, 5) is 7.02. The predicted octanol–water partition coefficient (Wildman–Crippen LogP) is 8.58. The molecule has 6 rings (SSSR count). The van der Waals surface area contributed by atoms with Crippen molar-refractivity contribution in [3.63, 3.8) is 0 Å². The lowest BCUT2D eigenvalue weighted by Crippen LogP contribution is -2.60. The minimum absolute atomic E-state index is 0.0635. The van der Waals surface area contributed by atoms with Gasteiger partial charge in [0.25, 0.3) is 5.60 Å². The average molecular weight is 694 g/mol. The Labute approximate surface area is 263 Å². The van der Waals surface area contributed by atoms with Crippen LogP contribution in [0.25, 0.3) is 0 Å². The van der Waals surface area contributed by atoms with Gasteiger partial charge in [-0.25, -0.2) is 4.39 Å². The van der Waals surface area contributed by atoms with Crippen LogP contribution in [0.3, 0.4) is 0 Å². The van der Waals surface area contributed by atoms with Gasteiger partial charge in [0.05, 0.1) is 6.04 Å². The monoisotopic (exact) mass is 692 g/mol. The molecule has 4 aromatic rings. The highest BCUT2D eigenvalue weighted by Gasteiger charge is 2.69. The smallest absolute Gasteiger partial charge is 0.382 e. The molecule has 4 nitrogen and oxygen atoms in total. The van der Waals surface area contributed by atoms with Gasteiger partial charge < -0.3 is 9.94 Å². The first kappa shape index (κ1) is 30.1. The van der Waals surface area contributed by atoms with Crippen LogP contribution in [0, 0.1) is 0 Å². The van der Waals surface area contributed by atoms with Crippen molar-refractivity contribution in [3.8, 4) is 0 Å². The molecule has 0 aromatic heterocycles. The van der Waals surface area contributed by atoms with E-state index in [2.05, 4.69) is 26.0 Å². The maximum atomic E-state index is 15.9. The van der Waals surface area contributed by atoms with Crippen molar-refractivity contribution in [2.24, 2.45) is 5.16 Å². The van der Waals surface area contributed by atoms with Crippen LogP contribution in [0.5, 0.6) is 0 Å². The molecule has 43 heavy (non-hydrogen) atoms. The van der Waals surface area contributed by atoms with Gasteiger partial charge in [-0.05, 0) is 35.4 Å². The number of likely N-dealkylation sites (tertiary alicyclic amines) is 1. The fourth-order valence-electron chi connectivity index (χ4n) is 5.85. The van der Waals surface area contributed by atoms with Crippen LogP contribution in [-0.2, 0) is 16.0 Å². The predicted molar refractivity (Wildman–Crippen MR) is 161 cm³/mol. The van der Waals surface area contributed by atoms with E-state index in [1.54, 1.807) is 6.07 Å². The van der Waals surface area contributed by atoms with Crippen molar-refractivity contribution < 1.29 is 27.5 Å². The summed E-state index contributed by atoms with van der Waals surface area (Å²) in [7, 11) is 0. The van der Waals surface area contributed by atoms with E-state index in [4.69, 9.17) is 28.0 Å². The number of halogens is 7. The van der Waals surface area contributed by atoms with E-state index in [1.165, 1.54) is 18.2 Å². The Bertz CT molecular complexity index is 1620. The topological polar surface area (TPSA) is 45.1 Å². The Balaban J connectivity index is 1.27. The van der Waals surface area contributed by atoms with Gasteiger partial charge in [0, 0.05) is 44.3 Å². The normalized spacial score (nSPS) is 21.8. The molecule has 0 amide bonds. The van der Waals surface area contributed by atoms with Gasteiger partial charge in [0.1, 0.15) is 11.3 Å². The van der Waals surface area contributed by atoms with Crippen LogP contribution in [0.2, 0.25) is 10.0 Å². The summed E-state index contributed by atoms with van der Waals surface area (Å²) >= 11 is 15.3. The lowest BCUT2D eigenvalue weighted by atomic mass is 9.81. The van der Waals surface area contributed by atoms with Gasteiger partial charge >= 0.3 is 6.18 Å². The van der Waals surface area contributed by atoms with Crippen molar-refractivity contribution in [1.29, 1.82) is 0 Å². The Kier molecular flexibility index (Phi) is 7.84. The summed E-state index contributed by atoms with van der Waals surface area (Å²) < 4.78 is 59.6. The highest BCUT2D eigenvalue weighted by Crippen LogP contribution is 2.51. The fourth-order valence-corrected chi connectivity index (χ4v) is 7.12. The summed E-state index contributed by atoms with van der Waals surface area (Å²) in [5.41, 5.74) is -3.10. The van der Waals surface area contributed by atoms with Crippen LogP contribution in [0.1, 0.15) is 33.9 Å². The number of hydrogen-bond donors (Lipinski definition) is 1. The molecule has 1 fully saturated rings. The lowest BCUT2D eigenvalue weighted by molar-refractivity contribution is -0.289. The van der Waals surface area contributed by atoms with Crippen molar-refractivity contribution in [2.75, 3.05) is 13.1 Å². The zero-order valence-electron chi connectivity index (χ0n) is 22.2. The number of benzene rings is 4. The third-order valence-corrected chi connectivity index (χ3v) is 8.98. The van der Waals surface area contributed by atoms with E-state index < -0.39 is 34.8 Å². The van der Waals surface area contributed by atoms with E-state index >= 15 is 4.39 Å². The molecular weight excluding hydrogens is 671 g/mol.